The molecular formula is C27H28ClFN6O2S. The Bertz CT molecular complexity index is 1570. The van der Waals surface area contributed by atoms with Crippen molar-refractivity contribution in [1.82, 2.24) is 24.4 Å². The highest BCUT2D eigenvalue weighted by Gasteiger charge is 2.29. The van der Waals surface area contributed by atoms with Crippen molar-refractivity contribution in [2.75, 3.05) is 31.1 Å². The van der Waals surface area contributed by atoms with Crippen LogP contribution in [0.15, 0.2) is 47.2 Å². The minimum Gasteiger partial charge on any atom is -0.507 e. The van der Waals surface area contributed by atoms with Gasteiger partial charge in [-0.15, -0.1) is 17.9 Å². The van der Waals surface area contributed by atoms with E-state index in [0.717, 1.165) is 25.3 Å². The summed E-state index contributed by atoms with van der Waals surface area (Å²) < 4.78 is 16.3. The molecular weight excluding hydrogens is 527 g/mol. The molecule has 0 saturated carbocycles. The van der Waals surface area contributed by atoms with Crippen LogP contribution in [-0.4, -0.2) is 61.7 Å². The van der Waals surface area contributed by atoms with E-state index >= 15 is 0 Å². The third-order valence-corrected chi connectivity index (χ3v) is 7.84. The van der Waals surface area contributed by atoms with Gasteiger partial charge in [0.25, 0.3) is 0 Å². The first-order chi connectivity index (χ1) is 18.2. The topological polar surface area (TPSA) is 87.4 Å². The highest BCUT2D eigenvalue weighted by molar-refractivity contribution is 7.12. The van der Waals surface area contributed by atoms with Crippen LogP contribution in [0.2, 0.25) is 5.02 Å². The Morgan fingerprint density at radius 1 is 1.32 bits per heavy atom. The Hall–Kier alpha value is -3.34. The second kappa shape index (κ2) is 10.4. The molecule has 0 radical (unpaired) electrons. The van der Waals surface area contributed by atoms with Crippen LogP contribution in [0.25, 0.3) is 27.3 Å². The summed E-state index contributed by atoms with van der Waals surface area (Å²) in [4.78, 5) is 31.8. The fourth-order valence-electron chi connectivity index (χ4n) is 4.94. The first-order valence-corrected chi connectivity index (χ1v) is 13.6. The van der Waals surface area contributed by atoms with E-state index in [1.54, 1.807) is 11.6 Å². The van der Waals surface area contributed by atoms with Crippen LogP contribution in [-0.2, 0) is 0 Å². The van der Waals surface area contributed by atoms with E-state index in [2.05, 4.69) is 33.3 Å². The van der Waals surface area contributed by atoms with Gasteiger partial charge in [-0.05, 0) is 31.0 Å². The van der Waals surface area contributed by atoms with Gasteiger partial charge in [0.1, 0.15) is 22.4 Å². The average molecular weight is 555 g/mol. The minimum atomic E-state index is -0.672. The monoisotopic (exact) mass is 554 g/mol. The lowest BCUT2D eigenvalue weighted by Crippen LogP contribution is -2.52. The number of phenolic OH excluding ortho intramolecular Hbond substituents is 1. The van der Waals surface area contributed by atoms with E-state index in [1.165, 1.54) is 34.1 Å². The molecule has 0 aliphatic carbocycles. The quantitative estimate of drug-likeness (QED) is 0.327. The van der Waals surface area contributed by atoms with Gasteiger partial charge in [0, 0.05) is 32.2 Å². The lowest BCUT2D eigenvalue weighted by molar-refractivity contribution is 0.250. The molecule has 1 aromatic carbocycles. The van der Waals surface area contributed by atoms with Crippen LogP contribution in [0.3, 0.4) is 0 Å². The van der Waals surface area contributed by atoms with Gasteiger partial charge in [0.05, 0.1) is 32.9 Å². The third-order valence-electron chi connectivity index (χ3n) is 6.73. The summed E-state index contributed by atoms with van der Waals surface area (Å²) in [6, 6.07) is 5.71. The number of hydrogen-bond donors (Lipinski definition) is 1. The normalized spacial score (nSPS) is 16.5. The van der Waals surface area contributed by atoms with Gasteiger partial charge in [-0.25, -0.2) is 23.7 Å². The number of fused-ring (bicyclic) bond motifs is 1. The lowest BCUT2D eigenvalue weighted by atomic mass is 10.1. The molecule has 8 nitrogen and oxygen atoms in total. The molecule has 4 heterocycles. The SMILES string of the molecule is C=CCN1CCN(c2nc(=O)n(-c3scnc3C(C)C)c3nc(-c4c(O)cccc4F)c(Cl)cc23)[C@@H](C)C1. The van der Waals surface area contributed by atoms with Crippen molar-refractivity contribution in [3.8, 4) is 22.0 Å². The van der Waals surface area contributed by atoms with E-state index < -0.39 is 11.5 Å². The van der Waals surface area contributed by atoms with E-state index in [-0.39, 0.29) is 39.6 Å². The molecule has 0 unspecified atom stereocenters. The van der Waals surface area contributed by atoms with Gasteiger partial charge in [-0.3, -0.25) is 4.90 Å². The van der Waals surface area contributed by atoms with Crippen LogP contribution in [0.1, 0.15) is 32.4 Å². The molecule has 1 N–H and O–H groups in total. The maximum absolute atomic E-state index is 14.9. The summed E-state index contributed by atoms with van der Waals surface area (Å²) in [6.45, 7) is 12.9. The summed E-state index contributed by atoms with van der Waals surface area (Å²) in [5.74, 6) is -0.455. The zero-order chi connectivity index (χ0) is 27.1. The molecule has 0 amide bonds. The second-order valence-electron chi connectivity index (χ2n) is 9.67. The van der Waals surface area contributed by atoms with E-state index in [4.69, 9.17) is 16.6 Å². The number of phenols is 1. The van der Waals surface area contributed by atoms with Crippen molar-refractivity contribution >= 4 is 39.8 Å². The molecule has 1 aliphatic rings. The summed E-state index contributed by atoms with van der Waals surface area (Å²) in [5.41, 5.74) is 2.08. The highest BCUT2D eigenvalue weighted by Crippen LogP contribution is 2.39. The molecule has 38 heavy (non-hydrogen) atoms. The predicted octanol–water partition coefficient (Wildman–Crippen LogP) is 5.22. The van der Waals surface area contributed by atoms with Crippen molar-refractivity contribution in [3.63, 3.8) is 0 Å². The molecule has 0 spiro atoms. The fraction of sp³-hybridized carbons (Fsp3) is 0.333. The number of rotatable bonds is 6. The van der Waals surface area contributed by atoms with Crippen molar-refractivity contribution in [1.29, 1.82) is 0 Å². The Kier molecular flexibility index (Phi) is 7.21. The zero-order valence-electron chi connectivity index (χ0n) is 21.4. The maximum atomic E-state index is 14.9. The number of anilines is 1. The Labute approximate surface area is 228 Å². The van der Waals surface area contributed by atoms with Gasteiger partial charge in [-0.2, -0.15) is 4.98 Å². The second-order valence-corrected chi connectivity index (χ2v) is 10.9. The molecule has 1 saturated heterocycles. The number of aromatic nitrogens is 4. The van der Waals surface area contributed by atoms with Crippen LogP contribution in [0, 0.1) is 5.82 Å². The fourth-order valence-corrected chi connectivity index (χ4v) is 6.13. The maximum Gasteiger partial charge on any atom is 0.356 e. The number of halogens is 2. The molecule has 5 rings (SSSR count). The number of piperazine rings is 1. The van der Waals surface area contributed by atoms with Gasteiger partial charge in [-0.1, -0.05) is 37.6 Å². The molecule has 1 atom stereocenters. The van der Waals surface area contributed by atoms with Crippen molar-refractivity contribution in [2.24, 2.45) is 0 Å². The standard InChI is InChI=1S/C27H28ClFN6O2S/c1-5-9-33-10-11-34(16(4)13-33)24-17-12-18(28)23(21-19(29)7-6-8-20(21)36)31-25(17)35(27(37)32-24)26-22(15(2)3)30-14-38-26/h5-8,12,14-16,36H,1,9-11,13H2,2-4H3/t16-/m0/s1. The highest BCUT2D eigenvalue weighted by atomic mass is 35.5. The summed E-state index contributed by atoms with van der Waals surface area (Å²) in [7, 11) is 0. The molecule has 3 aromatic heterocycles. The largest absolute Gasteiger partial charge is 0.507 e. The summed E-state index contributed by atoms with van der Waals surface area (Å²) >= 11 is 7.99. The minimum absolute atomic E-state index is 0.0400. The van der Waals surface area contributed by atoms with Gasteiger partial charge < -0.3 is 10.0 Å². The Morgan fingerprint density at radius 2 is 2.11 bits per heavy atom. The van der Waals surface area contributed by atoms with E-state index in [0.29, 0.717) is 22.7 Å². The van der Waals surface area contributed by atoms with Crippen molar-refractivity contribution < 1.29 is 9.50 Å². The molecule has 4 aromatic rings. The first kappa shape index (κ1) is 26.3. The Morgan fingerprint density at radius 3 is 2.79 bits per heavy atom. The molecule has 0 bridgehead atoms. The van der Waals surface area contributed by atoms with Crippen LogP contribution >= 0.6 is 22.9 Å². The van der Waals surface area contributed by atoms with Gasteiger partial charge in [0.15, 0.2) is 5.65 Å². The van der Waals surface area contributed by atoms with E-state index in [9.17, 15) is 14.3 Å². The molecule has 198 valence electrons. The Balaban J connectivity index is 1.79. The number of pyridine rings is 1. The van der Waals surface area contributed by atoms with Crippen molar-refractivity contribution in [2.45, 2.75) is 32.7 Å². The average Bonchev–Trinajstić information content (AvgIpc) is 3.34. The smallest absolute Gasteiger partial charge is 0.356 e. The number of aromatic hydroxyl groups is 1. The van der Waals surface area contributed by atoms with Gasteiger partial charge in [0.2, 0.25) is 0 Å². The molecule has 1 fully saturated rings. The van der Waals surface area contributed by atoms with Crippen LogP contribution in [0.5, 0.6) is 5.75 Å². The van der Waals surface area contributed by atoms with E-state index in [1.807, 2.05) is 19.9 Å². The van der Waals surface area contributed by atoms with Crippen LogP contribution in [0.4, 0.5) is 10.2 Å². The predicted molar refractivity (Wildman–Crippen MR) is 150 cm³/mol. The number of benzene rings is 1. The number of hydrogen-bond acceptors (Lipinski definition) is 8. The third kappa shape index (κ3) is 4.57. The summed E-state index contributed by atoms with van der Waals surface area (Å²) in [6.07, 6.45) is 1.88. The zero-order valence-corrected chi connectivity index (χ0v) is 22.9. The van der Waals surface area contributed by atoms with Crippen molar-refractivity contribution in [3.05, 3.63) is 69.4 Å². The summed E-state index contributed by atoms with van der Waals surface area (Å²) in [5, 5.41) is 11.8. The number of thiazole rings is 1. The number of nitrogens with zero attached hydrogens (tertiary/aromatic N) is 6. The molecule has 11 heteroatoms. The molecule has 1 aliphatic heterocycles. The van der Waals surface area contributed by atoms with Gasteiger partial charge >= 0.3 is 5.69 Å². The first-order valence-electron chi connectivity index (χ1n) is 12.4. The van der Waals surface area contributed by atoms with Crippen LogP contribution < -0.4 is 10.6 Å². The lowest BCUT2D eigenvalue weighted by Gasteiger charge is -2.40.